The zero-order chi connectivity index (χ0) is 58.5. The minimum atomic E-state index is -0.845. The van der Waals surface area contributed by atoms with Crippen molar-refractivity contribution in [3.8, 4) is 0 Å². The third-order valence-electron chi connectivity index (χ3n) is 17.2. The third-order valence-corrected chi connectivity index (χ3v) is 17.2. The molecule has 6 nitrogen and oxygen atoms in total. The monoisotopic (exact) mass is 1140 g/mol. The van der Waals surface area contributed by atoms with Crippen molar-refractivity contribution in [1.82, 2.24) is 5.32 Å². The number of ether oxygens (including phenoxy) is 1. The van der Waals surface area contributed by atoms with Gasteiger partial charge in [0, 0.05) is 12.8 Å². The van der Waals surface area contributed by atoms with Gasteiger partial charge in [0.2, 0.25) is 5.91 Å². The van der Waals surface area contributed by atoms with Crippen LogP contribution in [0.5, 0.6) is 0 Å². The SMILES string of the molecule is CCCCC/C=C\C/C=C\CCCCCCCCCC(=O)OCCCCCCCCCCCCCCCCCCCCCCCCCCCC(=O)NC(CO)C(O)/C=C/CCCCCCCCCCCCCCCCCCCCCC. The van der Waals surface area contributed by atoms with Crippen molar-refractivity contribution in [2.45, 2.75) is 418 Å². The summed E-state index contributed by atoms with van der Waals surface area (Å²) in [6.07, 6.45) is 90.9. The van der Waals surface area contributed by atoms with Crippen LogP contribution in [0.1, 0.15) is 406 Å². The van der Waals surface area contributed by atoms with Gasteiger partial charge in [-0.1, -0.05) is 365 Å². The predicted octanol–water partition coefficient (Wildman–Crippen LogP) is 23.9. The summed E-state index contributed by atoms with van der Waals surface area (Å²) in [4.78, 5) is 24.6. The molecule has 0 aromatic carbocycles. The molecule has 0 aliphatic carbocycles. The minimum Gasteiger partial charge on any atom is -0.466 e. The molecular formula is C75H143NO5. The van der Waals surface area contributed by atoms with E-state index in [-0.39, 0.29) is 18.5 Å². The molecule has 1 amide bonds. The van der Waals surface area contributed by atoms with Crippen LogP contribution in [0.4, 0.5) is 0 Å². The number of rotatable bonds is 69. The van der Waals surface area contributed by atoms with Gasteiger partial charge in [-0.05, 0) is 64.2 Å². The van der Waals surface area contributed by atoms with E-state index >= 15 is 0 Å². The van der Waals surface area contributed by atoms with Gasteiger partial charge in [-0.3, -0.25) is 9.59 Å². The van der Waals surface area contributed by atoms with E-state index in [0.717, 1.165) is 51.4 Å². The molecule has 0 spiro atoms. The second-order valence-corrected chi connectivity index (χ2v) is 25.3. The van der Waals surface area contributed by atoms with Crippen molar-refractivity contribution in [3.05, 3.63) is 36.5 Å². The normalized spacial score (nSPS) is 12.7. The smallest absolute Gasteiger partial charge is 0.305 e. The van der Waals surface area contributed by atoms with E-state index < -0.39 is 12.1 Å². The van der Waals surface area contributed by atoms with Gasteiger partial charge >= 0.3 is 5.97 Å². The molecule has 81 heavy (non-hydrogen) atoms. The first-order chi connectivity index (χ1) is 40.0. The Labute approximate surface area is 506 Å². The summed E-state index contributed by atoms with van der Waals surface area (Å²) in [7, 11) is 0. The molecule has 0 saturated heterocycles. The fourth-order valence-corrected chi connectivity index (χ4v) is 11.6. The summed E-state index contributed by atoms with van der Waals surface area (Å²) in [5, 5.41) is 23.3. The molecule has 2 atom stereocenters. The second kappa shape index (κ2) is 70.6. The molecule has 0 aliphatic heterocycles. The number of allylic oxidation sites excluding steroid dienone is 5. The number of amides is 1. The molecule has 0 aliphatic rings. The molecule has 3 N–H and O–H groups in total. The topological polar surface area (TPSA) is 95.9 Å². The fourth-order valence-electron chi connectivity index (χ4n) is 11.6. The van der Waals surface area contributed by atoms with E-state index in [1.807, 2.05) is 6.08 Å². The van der Waals surface area contributed by atoms with Crippen LogP contribution in [-0.4, -0.2) is 47.4 Å². The van der Waals surface area contributed by atoms with Crippen LogP contribution in [0, 0.1) is 0 Å². The first-order valence-corrected chi connectivity index (χ1v) is 36.8. The van der Waals surface area contributed by atoms with Crippen molar-refractivity contribution < 1.29 is 24.5 Å². The van der Waals surface area contributed by atoms with E-state index in [9.17, 15) is 19.8 Å². The fraction of sp³-hybridized carbons (Fsp3) is 0.893. The van der Waals surface area contributed by atoms with E-state index in [1.54, 1.807) is 6.08 Å². The Kier molecular flexibility index (Phi) is 68.9. The summed E-state index contributed by atoms with van der Waals surface area (Å²) in [5.41, 5.74) is 0. The highest BCUT2D eigenvalue weighted by molar-refractivity contribution is 5.76. The Bertz CT molecular complexity index is 1310. The molecular weight excluding hydrogens is 995 g/mol. The maximum atomic E-state index is 12.5. The van der Waals surface area contributed by atoms with Gasteiger partial charge in [0.25, 0.3) is 0 Å². The zero-order valence-electron chi connectivity index (χ0n) is 54.8. The molecule has 0 bridgehead atoms. The number of hydrogen-bond donors (Lipinski definition) is 3. The van der Waals surface area contributed by atoms with Crippen molar-refractivity contribution >= 4 is 11.9 Å². The van der Waals surface area contributed by atoms with Gasteiger partial charge in [-0.15, -0.1) is 0 Å². The Hall–Kier alpha value is -1.92. The minimum absolute atomic E-state index is 0.00886. The third kappa shape index (κ3) is 67.1. The van der Waals surface area contributed by atoms with Crippen LogP contribution in [0.25, 0.3) is 0 Å². The van der Waals surface area contributed by atoms with Crippen LogP contribution in [-0.2, 0) is 14.3 Å². The molecule has 0 saturated carbocycles. The van der Waals surface area contributed by atoms with Crippen molar-refractivity contribution in [2.75, 3.05) is 13.2 Å². The maximum Gasteiger partial charge on any atom is 0.305 e. The highest BCUT2D eigenvalue weighted by atomic mass is 16.5. The van der Waals surface area contributed by atoms with Crippen molar-refractivity contribution in [1.29, 1.82) is 0 Å². The summed E-state index contributed by atoms with van der Waals surface area (Å²) >= 11 is 0. The Balaban J connectivity index is 3.39. The quantitative estimate of drug-likeness (QED) is 0.0320. The highest BCUT2D eigenvalue weighted by Crippen LogP contribution is 2.19. The number of nitrogens with one attached hydrogen (secondary N) is 1. The van der Waals surface area contributed by atoms with Gasteiger partial charge in [-0.25, -0.2) is 0 Å². The van der Waals surface area contributed by atoms with Gasteiger partial charge in [0.15, 0.2) is 0 Å². The lowest BCUT2D eigenvalue weighted by Gasteiger charge is -2.20. The standard InChI is InChI=1S/C75H143NO5/c1-3-5-7-9-11-13-15-17-19-21-22-23-29-32-36-39-43-47-51-55-59-63-67-73(78)72(71-77)76-74(79)68-64-60-56-52-48-44-40-37-33-30-27-25-24-26-28-31-34-38-42-46-50-54-58-62-66-70-81-75(80)69-65-61-57-53-49-45-41-35-20-18-16-14-12-10-8-6-4-2/h12,14,18,20,63,67,72-73,77-78H,3-11,13,15-17,19,21-62,64-66,68-71H2,1-2H3,(H,76,79)/b14-12-,20-18-,67-63+. The largest absolute Gasteiger partial charge is 0.466 e. The van der Waals surface area contributed by atoms with Crippen LogP contribution in [0.3, 0.4) is 0 Å². The van der Waals surface area contributed by atoms with E-state index in [4.69, 9.17) is 4.74 Å². The number of aliphatic hydroxyl groups is 2. The Morgan fingerprint density at radius 3 is 0.963 bits per heavy atom. The van der Waals surface area contributed by atoms with Crippen molar-refractivity contribution in [3.63, 3.8) is 0 Å². The van der Waals surface area contributed by atoms with Gasteiger partial charge in [0.1, 0.15) is 0 Å². The molecule has 0 aromatic heterocycles. The molecule has 0 aromatic rings. The average Bonchev–Trinajstić information content (AvgIpc) is 3.47. The van der Waals surface area contributed by atoms with Gasteiger partial charge in [-0.2, -0.15) is 0 Å². The molecule has 6 heteroatoms. The Morgan fingerprint density at radius 1 is 0.346 bits per heavy atom. The van der Waals surface area contributed by atoms with E-state index in [1.165, 1.54) is 327 Å². The molecule has 0 fully saturated rings. The number of unbranched alkanes of at least 4 members (excludes halogenated alkanes) is 54. The van der Waals surface area contributed by atoms with Gasteiger partial charge < -0.3 is 20.3 Å². The summed E-state index contributed by atoms with van der Waals surface area (Å²) in [6, 6.07) is -0.628. The number of aliphatic hydroxyl groups excluding tert-OH is 2. The number of carbonyl (C=O) groups is 2. The number of hydrogen-bond acceptors (Lipinski definition) is 5. The molecule has 0 rings (SSSR count). The second-order valence-electron chi connectivity index (χ2n) is 25.3. The molecule has 478 valence electrons. The summed E-state index contributed by atoms with van der Waals surface area (Å²) < 4.78 is 5.50. The van der Waals surface area contributed by atoms with E-state index in [2.05, 4.69) is 43.5 Å². The van der Waals surface area contributed by atoms with Crippen LogP contribution < -0.4 is 5.32 Å². The van der Waals surface area contributed by atoms with Crippen molar-refractivity contribution in [2.24, 2.45) is 0 Å². The van der Waals surface area contributed by atoms with Crippen LogP contribution in [0.2, 0.25) is 0 Å². The Morgan fingerprint density at radius 2 is 0.617 bits per heavy atom. The first-order valence-electron chi connectivity index (χ1n) is 36.8. The number of esters is 1. The van der Waals surface area contributed by atoms with Crippen LogP contribution >= 0.6 is 0 Å². The highest BCUT2D eigenvalue weighted by Gasteiger charge is 2.18. The molecule has 0 radical (unpaired) electrons. The lowest BCUT2D eigenvalue weighted by molar-refractivity contribution is -0.143. The average molecular weight is 1140 g/mol. The predicted molar refractivity (Wildman–Crippen MR) is 356 cm³/mol. The zero-order valence-corrected chi connectivity index (χ0v) is 54.8. The summed E-state index contributed by atoms with van der Waals surface area (Å²) in [5.74, 6) is -0.0533. The van der Waals surface area contributed by atoms with Gasteiger partial charge in [0.05, 0.1) is 25.4 Å². The first kappa shape index (κ1) is 79.1. The lowest BCUT2D eigenvalue weighted by Crippen LogP contribution is -2.45. The van der Waals surface area contributed by atoms with E-state index in [0.29, 0.717) is 19.4 Å². The number of carbonyl (C=O) groups excluding carboxylic acids is 2. The lowest BCUT2D eigenvalue weighted by atomic mass is 10.0. The summed E-state index contributed by atoms with van der Waals surface area (Å²) in [6.45, 7) is 4.92. The van der Waals surface area contributed by atoms with Crippen LogP contribution in [0.15, 0.2) is 36.5 Å². The molecule has 2 unspecified atom stereocenters. The maximum absolute atomic E-state index is 12.5. The molecule has 0 heterocycles.